The van der Waals surface area contributed by atoms with Gasteiger partial charge in [0.05, 0.1) is 7.11 Å². The number of nitrogens with zero attached hydrogens (tertiary/aromatic N) is 2. The molecule has 88 valence electrons. The SMILES string of the molecule is COc1ccccc1N=C(C#N)c1ccccc1. The maximum absolute atomic E-state index is 9.18. The van der Waals surface area contributed by atoms with Gasteiger partial charge in [-0.2, -0.15) is 5.26 Å². The Labute approximate surface area is 106 Å². The highest BCUT2D eigenvalue weighted by Crippen LogP contribution is 2.27. The number of rotatable bonds is 3. The summed E-state index contributed by atoms with van der Waals surface area (Å²) in [6, 6.07) is 18.9. The zero-order valence-corrected chi connectivity index (χ0v) is 10.00. The van der Waals surface area contributed by atoms with Gasteiger partial charge in [0, 0.05) is 5.56 Å². The summed E-state index contributed by atoms with van der Waals surface area (Å²) in [6.07, 6.45) is 0. The van der Waals surface area contributed by atoms with E-state index in [2.05, 4.69) is 11.1 Å². The maximum Gasteiger partial charge on any atom is 0.148 e. The van der Waals surface area contributed by atoms with Gasteiger partial charge in [0.15, 0.2) is 0 Å². The molecule has 3 heteroatoms. The van der Waals surface area contributed by atoms with Crippen molar-refractivity contribution in [2.24, 2.45) is 4.99 Å². The van der Waals surface area contributed by atoms with Crippen LogP contribution in [0, 0.1) is 11.3 Å². The quantitative estimate of drug-likeness (QED) is 0.767. The van der Waals surface area contributed by atoms with Gasteiger partial charge in [-0.1, -0.05) is 42.5 Å². The second-order valence-electron chi connectivity index (χ2n) is 3.61. The third-order valence-corrected chi connectivity index (χ3v) is 2.47. The minimum atomic E-state index is 0.375. The number of para-hydroxylation sites is 2. The van der Waals surface area contributed by atoms with E-state index in [4.69, 9.17) is 4.74 Å². The first-order chi connectivity index (χ1) is 8.85. The summed E-state index contributed by atoms with van der Waals surface area (Å²) >= 11 is 0. The highest BCUT2D eigenvalue weighted by Gasteiger charge is 2.04. The predicted molar refractivity (Wildman–Crippen MR) is 71.2 cm³/mol. The summed E-state index contributed by atoms with van der Waals surface area (Å²) in [6.45, 7) is 0. The van der Waals surface area contributed by atoms with E-state index < -0.39 is 0 Å². The molecule has 3 nitrogen and oxygen atoms in total. The first-order valence-electron chi connectivity index (χ1n) is 5.52. The first kappa shape index (κ1) is 11.9. The number of hydrogen-bond donors (Lipinski definition) is 0. The molecular weight excluding hydrogens is 224 g/mol. The van der Waals surface area contributed by atoms with Gasteiger partial charge in [0.25, 0.3) is 0 Å². The maximum atomic E-state index is 9.18. The lowest BCUT2D eigenvalue weighted by molar-refractivity contribution is 0.416. The van der Waals surface area contributed by atoms with Crippen molar-refractivity contribution in [2.75, 3.05) is 7.11 Å². The Hall–Kier alpha value is -2.60. The van der Waals surface area contributed by atoms with Crippen LogP contribution in [0.5, 0.6) is 5.75 Å². The molecule has 0 bridgehead atoms. The summed E-state index contributed by atoms with van der Waals surface area (Å²) in [4.78, 5) is 4.35. The van der Waals surface area contributed by atoms with E-state index in [0.717, 1.165) is 5.56 Å². The van der Waals surface area contributed by atoms with E-state index in [9.17, 15) is 5.26 Å². The zero-order chi connectivity index (χ0) is 12.8. The molecule has 0 aliphatic heterocycles. The zero-order valence-electron chi connectivity index (χ0n) is 10.00. The Balaban J connectivity index is 2.45. The molecule has 0 saturated carbocycles. The third-order valence-electron chi connectivity index (χ3n) is 2.47. The van der Waals surface area contributed by atoms with Crippen molar-refractivity contribution in [2.45, 2.75) is 0 Å². The molecule has 0 aliphatic rings. The van der Waals surface area contributed by atoms with Gasteiger partial charge in [-0.25, -0.2) is 4.99 Å². The highest BCUT2D eigenvalue weighted by atomic mass is 16.5. The Kier molecular flexibility index (Phi) is 3.72. The van der Waals surface area contributed by atoms with Crippen LogP contribution >= 0.6 is 0 Å². The molecule has 0 heterocycles. The van der Waals surface area contributed by atoms with Crippen LogP contribution in [0.3, 0.4) is 0 Å². The molecule has 0 saturated heterocycles. The monoisotopic (exact) mass is 236 g/mol. The van der Waals surface area contributed by atoms with E-state index in [1.54, 1.807) is 7.11 Å². The minimum absolute atomic E-state index is 0.375. The summed E-state index contributed by atoms with van der Waals surface area (Å²) in [5.74, 6) is 0.654. The molecule has 0 unspecified atom stereocenters. The molecule has 2 rings (SSSR count). The second-order valence-corrected chi connectivity index (χ2v) is 3.61. The van der Waals surface area contributed by atoms with E-state index in [0.29, 0.717) is 17.1 Å². The molecule has 0 aromatic heterocycles. The van der Waals surface area contributed by atoms with Crippen LogP contribution in [0.1, 0.15) is 5.56 Å². The van der Waals surface area contributed by atoms with Crippen molar-refractivity contribution in [1.29, 1.82) is 5.26 Å². The second kappa shape index (κ2) is 5.65. The van der Waals surface area contributed by atoms with Gasteiger partial charge in [-0.05, 0) is 12.1 Å². The van der Waals surface area contributed by atoms with Crippen molar-refractivity contribution < 1.29 is 4.74 Å². The number of ether oxygens (including phenoxy) is 1. The Morgan fingerprint density at radius 1 is 1.06 bits per heavy atom. The van der Waals surface area contributed by atoms with E-state index in [1.807, 2.05) is 54.6 Å². The molecule has 0 atom stereocenters. The lowest BCUT2D eigenvalue weighted by Crippen LogP contribution is -1.96. The smallest absolute Gasteiger partial charge is 0.148 e. The summed E-state index contributed by atoms with van der Waals surface area (Å²) < 4.78 is 5.21. The van der Waals surface area contributed by atoms with Crippen molar-refractivity contribution in [3.8, 4) is 11.8 Å². The Morgan fingerprint density at radius 2 is 1.72 bits per heavy atom. The predicted octanol–water partition coefficient (Wildman–Crippen LogP) is 3.34. The molecule has 0 amide bonds. The van der Waals surface area contributed by atoms with Gasteiger partial charge in [0.1, 0.15) is 23.2 Å². The molecule has 0 aliphatic carbocycles. The number of nitriles is 1. The largest absolute Gasteiger partial charge is 0.494 e. The van der Waals surface area contributed by atoms with Gasteiger partial charge >= 0.3 is 0 Å². The summed E-state index contributed by atoms with van der Waals surface area (Å²) in [5, 5.41) is 9.18. The fourth-order valence-corrected chi connectivity index (χ4v) is 1.59. The molecular formula is C15H12N2O. The van der Waals surface area contributed by atoms with E-state index in [-0.39, 0.29) is 0 Å². The van der Waals surface area contributed by atoms with Crippen LogP contribution in [-0.2, 0) is 0 Å². The van der Waals surface area contributed by atoms with Crippen molar-refractivity contribution >= 4 is 11.4 Å². The number of benzene rings is 2. The highest BCUT2D eigenvalue weighted by molar-refractivity contribution is 6.12. The Bertz CT molecular complexity index is 597. The average Bonchev–Trinajstić information content (AvgIpc) is 2.46. The molecule has 0 radical (unpaired) electrons. The van der Waals surface area contributed by atoms with Crippen LogP contribution in [-0.4, -0.2) is 12.8 Å². The Morgan fingerprint density at radius 3 is 2.39 bits per heavy atom. The van der Waals surface area contributed by atoms with Gasteiger partial charge in [-0.3, -0.25) is 0 Å². The van der Waals surface area contributed by atoms with Crippen LogP contribution in [0.2, 0.25) is 0 Å². The van der Waals surface area contributed by atoms with E-state index in [1.165, 1.54) is 0 Å². The fourth-order valence-electron chi connectivity index (χ4n) is 1.59. The lowest BCUT2D eigenvalue weighted by atomic mass is 10.1. The topological polar surface area (TPSA) is 45.4 Å². The molecule has 2 aromatic carbocycles. The van der Waals surface area contributed by atoms with Gasteiger partial charge < -0.3 is 4.74 Å². The molecule has 0 N–H and O–H groups in total. The standard InChI is InChI=1S/C15H12N2O/c1-18-15-10-6-5-9-13(15)17-14(11-16)12-7-3-2-4-8-12/h2-10H,1H3. The number of aliphatic imine (C=N–C) groups is 1. The summed E-state index contributed by atoms with van der Waals surface area (Å²) in [5.41, 5.74) is 1.83. The summed E-state index contributed by atoms with van der Waals surface area (Å²) in [7, 11) is 1.59. The lowest BCUT2D eigenvalue weighted by Gasteiger charge is -2.04. The molecule has 18 heavy (non-hydrogen) atoms. The minimum Gasteiger partial charge on any atom is -0.494 e. The average molecular weight is 236 g/mol. The van der Waals surface area contributed by atoms with Crippen LogP contribution in [0.15, 0.2) is 59.6 Å². The number of hydrogen-bond acceptors (Lipinski definition) is 3. The fraction of sp³-hybridized carbons (Fsp3) is 0.0667. The van der Waals surface area contributed by atoms with E-state index >= 15 is 0 Å². The van der Waals surface area contributed by atoms with Crippen molar-refractivity contribution in [3.05, 3.63) is 60.2 Å². The van der Waals surface area contributed by atoms with Gasteiger partial charge in [-0.15, -0.1) is 0 Å². The number of methoxy groups -OCH3 is 1. The van der Waals surface area contributed by atoms with Crippen molar-refractivity contribution in [3.63, 3.8) is 0 Å². The van der Waals surface area contributed by atoms with Crippen LogP contribution in [0.25, 0.3) is 0 Å². The van der Waals surface area contributed by atoms with Gasteiger partial charge in [0.2, 0.25) is 0 Å². The first-order valence-corrected chi connectivity index (χ1v) is 5.52. The van der Waals surface area contributed by atoms with Crippen molar-refractivity contribution in [1.82, 2.24) is 0 Å². The molecule has 0 spiro atoms. The third kappa shape index (κ3) is 2.55. The van der Waals surface area contributed by atoms with Crippen LogP contribution in [0.4, 0.5) is 5.69 Å². The molecule has 2 aromatic rings. The normalized spacial score (nSPS) is 10.8. The molecule has 0 fully saturated rings. The van der Waals surface area contributed by atoms with Crippen LogP contribution < -0.4 is 4.74 Å².